The van der Waals surface area contributed by atoms with Crippen molar-refractivity contribution in [1.82, 2.24) is 9.97 Å². The van der Waals surface area contributed by atoms with Gasteiger partial charge in [-0.05, 0) is 24.5 Å². The third-order valence-corrected chi connectivity index (χ3v) is 5.18. The van der Waals surface area contributed by atoms with Crippen LogP contribution >= 0.6 is 0 Å². The molecule has 1 unspecified atom stereocenters. The predicted octanol–water partition coefficient (Wildman–Crippen LogP) is 3.25. The van der Waals surface area contributed by atoms with Crippen LogP contribution in [0.1, 0.15) is 34.5 Å². The average Bonchev–Trinajstić information content (AvgIpc) is 3.30. The van der Waals surface area contributed by atoms with Gasteiger partial charge in [0.2, 0.25) is 0 Å². The predicted molar refractivity (Wildman–Crippen MR) is 108 cm³/mol. The molecule has 1 saturated heterocycles. The van der Waals surface area contributed by atoms with Crippen LogP contribution in [0.15, 0.2) is 24.4 Å². The van der Waals surface area contributed by atoms with E-state index < -0.39 is 23.7 Å². The molecule has 0 aliphatic carbocycles. The summed E-state index contributed by atoms with van der Waals surface area (Å²) in [4.78, 5) is 33.5. The van der Waals surface area contributed by atoms with Gasteiger partial charge in [-0.1, -0.05) is 6.07 Å². The van der Waals surface area contributed by atoms with Gasteiger partial charge in [0.25, 0.3) is 5.78 Å². The van der Waals surface area contributed by atoms with Crippen LogP contribution in [0.5, 0.6) is 5.75 Å². The first-order valence-electron chi connectivity index (χ1n) is 10.1. The second kappa shape index (κ2) is 9.03. The van der Waals surface area contributed by atoms with Gasteiger partial charge in [0.15, 0.2) is 0 Å². The SMILES string of the molecule is N#Cc1cnc(NC(=O)N2CCCc3ccc(C(=O)C(F)(F)F)nc32)cc1OC1CCOC1. The van der Waals surface area contributed by atoms with Gasteiger partial charge in [-0.2, -0.15) is 18.4 Å². The third-order valence-electron chi connectivity index (χ3n) is 5.18. The molecule has 2 amide bonds. The highest BCUT2D eigenvalue weighted by Crippen LogP contribution is 2.29. The Kier molecular flexibility index (Phi) is 6.15. The van der Waals surface area contributed by atoms with Crippen LogP contribution in [-0.2, 0) is 11.2 Å². The van der Waals surface area contributed by atoms with E-state index in [0.29, 0.717) is 38.0 Å². The van der Waals surface area contributed by atoms with Crippen LogP contribution in [-0.4, -0.2) is 53.8 Å². The van der Waals surface area contributed by atoms with Crippen LogP contribution in [0.3, 0.4) is 0 Å². The molecule has 1 fully saturated rings. The number of hydrogen-bond donors (Lipinski definition) is 1. The van der Waals surface area contributed by atoms with Gasteiger partial charge in [-0.15, -0.1) is 0 Å². The highest BCUT2D eigenvalue weighted by Gasteiger charge is 2.41. The number of carbonyl (C=O) groups is 2. The first-order chi connectivity index (χ1) is 15.8. The Hall–Kier alpha value is -3.72. The van der Waals surface area contributed by atoms with Crippen LogP contribution in [0, 0.1) is 11.3 Å². The first kappa shape index (κ1) is 22.5. The number of hydrogen-bond acceptors (Lipinski definition) is 7. The number of carbonyl (C=O) groups excluding carboxylic acids is 2. The molecule has 2 aromatic heterocycles. The number of ether oxygens (including phenoxy) is 2. The Morgan fingerprint density at radius 3 is 2.85 bits per heavy atom. The number of anilines is 2. The third kappa shape index (κ3) is 4.88. The fourth-order valence-electron chi connectivity index (χ4n) is 3.56. The van der Waals surface area contributed by atoms with E-state index in [1.54, 1.807) is 0 Å². The van der Waals surface area contributed by atoms with E-state index in [1.807, 2.05) is 6.07 Å². The number of fused-ring (bicyclic) bond motifs is 1. The molecule has 0 saturated carbocycles. The number of urea groups is 1. The largest absolute Gasteiger partial charge is 0.486 e. The molecule has 0 radical (unpaired) electrons. The number of alkyl halides is 3. The molecule has 12 heteroatoms. The molecule has 172 valence electrons. The number of ketones is 1. The van der Waals surface area contributed by atoms with Gasteiger partial charge in [0, 0.05) is 19.0 Å². The van der Waals surface area contributed by atoms with Gasteiger partial charge in [-0.25, -0.2) is 14.8 Å². The molecule has 2 aromatic rings. The summed E-state index contributed by atoms with van der Waals surface area (Å²) in [5.41, 5.74) is -0.0553. The molecule has 4 heterocycles. The molecule has 0 spiro atoms. The lowest BCUT2D eigenvalue weighted by Crippen LogP contribution is -2.40. The second-order valence-electron chi connectivity index (χ2n) is 7.47. The molecule has 2 aliphatic rings. The lowest BCUT2D eigenvalue weighted by molar-refractivity contribution is -0.0888. The zero-order chi connectivity index (χ0) is 23.6. The number of aryl methyl sites for hydroxylation is 1. The monoisotopic (exact) mass is 461 g/mol. The summed E-state index contributed by atoms with van der Waals surface area (Å²) in [6.07, 6.45) is -2.33. The smallest absolute Gasteiger partial charge is 0.456 e. The van der Waals surface area contributed by atoms with E-state index in [0.717, 1.165) is 11.0 Å². The van der Waals surface area contributed by atoms with Crippen molar-refractivity contribution in [3.05, 3.63) is 41.2 Å². The number of nitriles is 1. The lowest BCUT2D eigenvalue weighted by Gasteiger charge is -2.28. The summed E-state index contributed by atoms with van der Waals surface area (Å²) in [6.45, 7) is 1.11. The number of Topliss-reactive ketones (excluding diaryl/α,β-unsaturated/α-hetero) is 1. The van der Waals surface area contributed by atoms with Crippen molar-refractivity contribution in [2.24, 2.45) is 0 Å². The highest BCUT2D eigenvalue weighted by molar-refractivity contribution is 6.03. The Labute approximate surface area is 186 Å². The van der Waals surface area contributed by atoms with Crippen molar-refractivity contribution in [2.45, 2.75) is 31.5 Å². The second-order valence-corrected chi connectivity index (χ2v) is 7.47. The zero-order valence-electron chi connectivity index (χ0n) is 17.2. The van der Waals surface area contributed by atoms with E-state index in [-0.39, 0.29) is 35.6 Å². The normalized spacial score (nSPS) is 17.8. The van der Waals surface area contributed by atoms with E-state index >= 15 is 0 Å². The van der Waals surface area contributed by atoms with Crippen molar-refractivity contribution in [2.75, 3.05) is 30.0 Å². The molecular formula is C21H18F3N5O4. The minimum Gasteiger partial charge on any atom is -0.486 e. The van der Waals surface area contributed by atoms with Crippen molar-refractivity contribution >= 4 is 23.5 Å². The maximum absolute atomic E-state index is 12.9. The fraction of sp³-hybridized carbons (Fsp3) is 0.381. The van der Waals surface area contributed by atoms with Gasteiger partial charge in [0.1, 0.15) is 40.8 Å². The molecule has 1 N–H and O–H groups in total. The van der Waals surface area contributed by atoms with Crippen molar-refractivity contribution in [1.29, 1.82) is 5.26 Å². The minimum atomic E-state index is -5.07. The van der Waals surface area contributed by atoms with E-state index in [2.05, 4.69) is 15.3 Å². The highest BCUT2D eigenvalue weighted by atomic mass is 19.4. The molecule has 1 atom stereocenters. The summed E-state index contributed by atoms with van der Waals surface area (Å²) in [6, 6.07) is 5.06. The van der Waals surface area contributed by atoms with Crippen molar-refractivity contribution < 1.29 is 32.2 Å². The summed E-state index contributed by atoms with van der Waals surface area (Å²) >= 11 is 0. The molecule has 0 bridgehead atoms. The van der Waals surface area contributed by atoms with Crippen LogP contribution in [0.4, 0.5) is 29.6 Å². The molecule has 33 heavy (non-hydrogen) atoms. The molecular weight excluding hydrogens is 443 g/mol. The van der Waals surface area contributed by atoms with Gasteiger partial charge in [-0.3, -0.25) is 15.0 Å². The van der Waals surface area contributed by atoms with E-state index in [4.69, 9.17) is 9.47 Å². The number of halogens is 3. The summed E-state index contributed by atoms with van der Waals surface area (Å²) in [7, 11) is 0. The number of rotatable bonds is 4. The Balaban J connectivity index is 1.56. The summed E-state index contributed by atoms with van der Waals surface area (Å²) < 4.78 is 49.5. The van der Waals surface area contributed by atoms with Gasteiger partial charge < -0.3 is 9.47 Å². The lowest BCUT2D eigenvalue weighted by atomic mass is 10.0. The Bertz CT molecular complexity index is 1130. The van der Waals surface area contributed by atoms with E-state index in [9.17, 15) is 28.0 Å². The quantitative estimate of drug-likeness (QED) is 0.695. The Morgan fingerprint density at radius 2 is 2.15 bits per heavy atom. The maximum atomic E-state index is 12.9. The maximum Gasteiger partial charge on any atom is 0.456 e. The van der Waals surface area contributed by atoms with Crippen LogP contribution in [0.2, 0.25) is 0 Å². The van der Waals surface area contributed by atoms with Crippen molar-refractivity contribution in [3.8, 4) is 11.8 Å². The fourth-order valence-corrected chi connectivity index (χ4v) is 3.56. The molecule has 4 rings (SSSR count). The van der Waals surface area contributed by atoms with Crippen LogP contribution in [0.25, 0.3) is 0 Å². The molecule has 2 aliphatic heterocycles. The van der Waals surface area contributed by atoms with Gasteiger partial charge in [0.05, 0.1) is 19.4 Å². The minimum absolute atomic E-state index is 0.0120. The number of aromatic nitrogens is 2. The molecule has 9 nitrogen and oxygen atoms in total. The topological polar surface area (TPSA) is 117 Å². The number of pyridine rings is 2. The zero-order valence-corrected chi connectivity index (χ0v) is 17.2. The summed E-state index contributed by atoms with van der Waals surface area (Å²) in [5, 5.41) is 11.8. The standard InChI is InChI=1S/C21H18F3N5O4/c22-21(23,24)18(30)15-4-3-12-2-1-6-29(19(12)27-15)20(31)28-17-8-16(13(9-25)10-26-17)33-14-5-7-32-11-14/h3-4,8,10,14H,1-2,5-7,11H2,(H,26,28,31). The Morgan fingerprint density at radius 1 is 1.33 bits per heavy atom. The van der Waals surface area contributed by atoms with E-state index in [1.165, 1.54) is 18.3 Å². The van der Waals surface area contributed by atoms with Crippen LogP contribution < -0.4 is 15.0 Å². The van der Waals surface area contributed by atoms with Gasteiger partial charge >= 0.3 is 12.2 Å². The number of nitrogens with zero attached hydrogens (tertiary/aromatic N) is 4. The van der Waals surface area contributed by atoms with Crippen molar-refractivity contribution in [3.63, 3.8) is 0 Å². The molecule has 0 aromatic carbocycles. The number of amides is 2. The average molecular weight is 461 g/mol. The summed E-state index contributed by atoms with van der Waals surface area (Å²) in [5.74, 6) is -1.78. The first-order valence-corrected chi connectivity index (χ1v) is 10.1. The number of nitrogens with one attached hydrogen (secondary N) is 1.